The van der Waals surface area contributed by atoms with Crippen molar-refractivity contribution in [3.05, 3.63) is 35.9 Å². The van der Waals surface area contributed by atoms with E-state index in [0.29, 0.717) is 12.5 Å². The Labute approximate surface area is 119 Å². The molecule has 0 bridgehead atoms. The number of nitrogens with zero attached hydrogens (tertiary/aromatic N) is 1. The van der Waals surface area contributed by atoms with E-state index in [1.807, 2.05) is 44.2 Å². The summed E-state index contributed by atoms with van der Waals surface area (Å²) >= 11 is 0. The number of hydrogen-bond acceptors (Lipinski definition) is 2. The molecule has 1 aliphatic heterocycles. The third-order valence-electron chi connectivity index (χ3n) is 4.33. The average molecular weight is 272 g/mol. The van der Waals surface area contributed by atoms with E-state index in [9.17, 15) is 9.59 Å². The van der Waals surface area contributed by atoms with Crippen LogP contribution in [0.25, 0.3) is 0 Å². The summed E-state index contributed by atoms with van der Waals surface area (Å²) < 4.78 is 0. The van der Waals surface area contributed by atoms with E-state index in [2.05, 4.69) is 5.32 Å². The van der Waals surface area contributed by atoms with Crippen molar-refractivity contribution in [3.63, 3.8) is 0 Å². The van der Waals surface area contributed by atoms with Gasteiger partial charge in [0.15, 0.2) is 0 Å². The van der Waals surface area contributed by atoms with Crippen molar-refractivity contribution in [3.8, 4) is 0 Å². The van der Waals surface area contributed by atoms with Gasteiger partial charge in [0.05, 0.1) is 0 Å². The first kappa shape index (κ1) is 13.2. The highest BCUT2D eigenvalue weighted by Gasteiger charge is 2.50. The van der Waals surface area contributed by atoms with E-state index < -0.39 is 5.54 Å². The number of hydrogen-bond donors (Lipinski definition) is 1. The quantitative estimate of drug-likeness (QED) is 0.910. The van der Waals surface area contributed by atoms with Crippen LogP contribution in [0.1, 0.15) is 32.3 Å². The van der Waals surface area contributed by atoms with Crippen LogP contribution in [-0.2, 0) is 16.1 Å². The lowest BCUT2D eigenvalue weighted by Crippen LogP contribution is -2.68. The highest BCUT2D eigenvalue weighted by molar-refractivity contribution is 5.99. The zero-order valence-corrected chi connectivity index (χ0v) is 11.9. The molecule has 1 saturated heterocycles. The molecular weight excluding hydrogens is 252 g/mol. The van der Waals surface area contributed by atoms with E-state index >= 15 is 0 Å². The first-order valence-corrected chi connectivity index (χ1v) is 7.16. The van der Waals surface area contributed by atoms with E-state index in [0.717, 1.165) is 18.4 Å². The summed E-state index contributed by atoms with van der Waals surface area (Å²) in [5.74, 6) is 0.340. The van der Waals surface area contributed by atoms with Gasteiger partial charge in [0.25, 0.3) is 0 Å². The fourth-order valence-electron chi connectivity index (χ4n) is 2.74. The van der Waals surface area contributed by atoms with Crippen molar-refractivity contribution >= 4 is 11.8 Å². The Morgan fingerprint density at radius 3 is 2.45 bits per heavy atom. The third kappa shape index (κ3) is 2.19. The van der Waals surface area contributed by atoms with Crippen LogP contribution < -0.4 is 5.32 Å². The van der Waals surface area contributed by atoms with Crippen molar-refractivity contribution < 1.29 is 9.59 Å². The zero-order valence-electron chi connectivity index (χ0n) is 11.9. The third-order valence-corrected chi connectivity index (χ3v) is 4.33. The molecule has 106 valence electrons. The summed E-state index contributed by atoms with van der Waals surface area (Å²) in [6.07, 6.45) is 2.08. The monoisotopic (exact) mass is 272 g/mol. The Kier molecular flexibility index (Phi) is 3.04. The average Bonchev–Trinajstić information content (AvgIpc) is 3.25. The summed E-state index contributed by atoms with van der Waals surface area (Å²) in [5, 5.41) is 2.90. The molecule has 3 rings (SSSR count). The van der Waals surface area contributed by atoms with Gasteiger partial charge in [-0.05, 0) is 38.2 Å². The van der Waals surface area contributed by atoms with Gasteiger partial charge in [-0.2, -0.15) is 0 Å². The maximum Gasteiger partial charge on any atom is 0.246 e. The molecule has 4 nitrogen and oxygen atoms in total. The number of rotatable bonds is 3. The first-order chi connectivity index (χ1) is 9.50. The lowest BCUT2D eigenvalue weighted by atomic mass is 9.93. The molecule has 1 aliphatic carbocycles. The van der Waals surface area contributed by atoms with Crippen molar-refractivity contribution in [2.24, 2.45) is 5.92 Å². The lowest BCUT2D eigenvalue weighted by molar-refractivity contribution is -0.156. The van der Waals surface area contributed by atoms with Crippen molar-refractivity contribution in [1.82, 2.24) is 10.2 Å². The Morgan fingerprint density at radius 2 is 1.85 bits per heavy atom. The predicted molar refractivity (Wildman–Crippen MR) is 75.7 cm³/mol. The van der Waals surface area contributed by atoms with Crippen LogP contribution in [-0.4, -0.2) is 28.3 Å². The van der Waals surface area contributed by atoms with Gasteiger partial charge in [0.1, 0.15) is 11.6 Å². The number of benzene rings is 1. The molecule has 1 N–H and O–H groups in total. The smallest absolute Gasteiger partial charge is 0.246 e. The van der Waals surface area contributed by atoms with Gasteiger partial charge in [0.2, 0.25) is 11.8 Å². The molecule has 0 aromatic heterocycles. The molecule has 0 radical (unpaired) electrons. The predicted octanol–water partition coefficient (Wildman–Crippen LogP) is 1.70. The molecular formula is C16H20N2O2. The maximum atomic E-state index is 12.7. The molecule has 1 saturated carbocycles. The molecule has 0 spiro atoms. The van der Waals surface area contributed by atoms with Crippen LogP contribution in [0.5, 0.6) is 0 Å². The van der Waals surface area contributed by atoms with Crippen LogP contribution in [0.3, 0.4) is 0 Å². The highest BCUT2D eigenvalue weighted by atomic mass is 16.2. The molecule has 1 heterocycles. The van der Waals surface area contributed by atoms with Gasteiger partial charge >= 0.3 is 0 Å². The van der Waals surface area contributed by atoms with Gasteiger partial charge < -0.3 is 10.2 Å². The van der Waals surface area contributed by atoms with Crippen molar-refractivity contribution in [2.75, 3.05) is 0 Å². The van der Waals surface area contributed by atoms with Crippen LogP contribution in [0.15, 0.2) is 30.3 Å². The second kappa shape index (κ2) is 4.62. The highest BCUT2D eigenvalue weighted by Crippen LogP contribution is 2.37. The van der Waals surface area contributed by atoms with Gasteiger partial charge in [-0.3, -0.25) is 9.59 Å². The molecule has 2 aliphatic rings. The lowest BCUT2D eigenvalue weighted by Gasteiger charge is -2.44. The SMILES string of the molecule is CC1(C)C(=O)NC(C2CC2)C(=O)N1Cc1ccccc1. The van der Waals surface area contributed by atoms with Gasteiger partial charge in [-0.1, -0.05) is 30.3 Å². The molecule has 4 heteroatoms. The standard InChI is InChI=1S/C16H20N2O2/c1-16(2)15(20)17-13(12-8-9-12)14(19)18(16)10-11-6-4-3-5-7-11/h3-7,12-13H,8-10H2,1-2H3,(H,17,20). The molecule has 20 heavy (non-hydrogen) atoms. The van der Waals surface area contributed by atoms with E-state index in [1.165, 1.54) is 0 Å². The van der Waals surface area contributed by atoms with Crippen molar-refractivity contribution in [1.29, 1.82) is 0 Å². The fourth-order valence-corrected chi connectivity index (χ4v) is 2.74. The fraction of sp³-hybridized carbons (Fsp3) is 0.500. The molecule has 1 atom stereocenters. The van der Waals surface area contributed by atoms with E-state index in [-0.39, 0.29) is 17.9 Å². The Morgan fingerprint density at radius 1 is 1.20 bits per heavy atom. The summed E-state index contributed by atoms with van der Waals surface area (Å²) in [5.41, 5.74) is 0.261. The second-order valence-corrected chi connectivity index (χ2v) is 6.26. The van der Waals surface area contributed by atoms with Crippen LogP contribution in [0.4, 0.5) is 0 Å². The minimum atomic E-state index is -0.793. The Hall–Kier alpha value is -1.84. The first-order valence-electron chi connectivity index (χ1n) is 7.16. The van der Waals surface area contributed by atoms with E-state index in [4.69, 9.17) is 0 Å². The van der Waals surface area contributed by atoms with Crippen LogP contribution in [0, 0.1) is 5.92 Å². The van der Waals surface area contributed by atoms with Gasteiger partial charge in [-0.15, -0.1) is 0 Å². The van der Waals surface area contributed by atoms with E-state index in [1.54, 1.807) is 4.90 Å². The molecule has 2 fully saturated rings. The summed E-state index contributed by atoms with van der Waals surface area (Å²) in [6.45, 7) is 4.11. The topological polar surface area (TPSA) is 49.4 Å². The number of amides is 2. The minimum absolute atomic E-state index is 0.0510. The Bertz CT molecular complexity index is 535. The normalized spacial score (nSPS) is 25.5. The van der Waals surface area contributed by atoms with Crippen molar-refractivity contribution in [2.45, 2.75) is 44.8 Å². The summed E-state index contributed by atoms with van der Waals surface area (Å²) in [6, 6.07) is 9.51. The molecule has 1 aromatic carbocycles. The molecule has 1 unspecified atom stereocenters. The summed E-state index contributed by atoms with van der Waals surface area (Å²) in [4.78, 5) is 26.7. The number of carbonyl (C=O) groups is 2. The van der Waals surface area contributed by atoms with Gasteiger partial charge in [-0.25, -0.2) is 0 Å². The minimum Gasteiger partial charge on any atom is -0.342 e. The van der Waals surface area contributed by atoms with Gasteiger partial charge in [0, 0.05) is 6.54 Å². The zero-order chi connectivity index (χ0) is 14.3. The number of nitrogens with one attached hydrogen (secondary N) is 1. The molecule has 2 amide bonds. The van der Waals surface area contributed by atoms with Crippen LogP contribution in [0.2, 0.25) is 0 Å². The number of piperazine rings is 1. The maximum absolute atomic E-state index is 12.7. The number of carbonyl (C=O) groups excluding carboxylic acids is 2. The summed E-state index contributed by atoms with van der Waals surface area (Å²) in [7, 11) is 0. The second-order valence-electron chi connectivity index (χ2n) is 6.26. The largest absolute Gasteiger partial charge is 0.342 e. The van der Waals surface area contributed by atoms with Crippen LogP contribution >= 0.6 is 0 Å². The Balaban J connectivity index is 1.87. The molecule has 1 aromatic rings.